The van der Waals surface area contributed by atoms with E-state index >= 15 is 0 Å². The molecular weight excluding hydrogens is 408 g/mol. The molecule has 0 aromatic rings. The van der Waals surface area contributed by atoms with Crippen molar-refractivity contribution in [2.45, 2.75) is 52.2 Å². The monoisotopic (exact) mass is 436 g/mol. The zero-order valence-corrected chi connectivity index (χ0v) is 18.8. The summed E-state index contributed by atoms with van der Waals surface area (Å²) in [4.78, 5) is 37.8. The van der Waals surface area contributed by atoms with Crippen LogP contribution in [0.4, 0.5) is 0 Å². The zero-order chi connectivity index (χ0) is 23.5. The van der Waals surface area contributed by atoms with Crippen molar-refractivity contribution in [2.24, 2.45) is 5.92 Å². The van der Waals surface area contributed by atoms with E-state index in [1.165, 1.54) is 19.3 Å². The molecule has 168 valence electrons. The highest BCUT2D eigenvalue weighted by atomic mass is 16.6. The maximum Gasteiger partial charge on any atom is 0.343 e. The molecule has 0 spiro atoms. The van der Waals surface area contributed by atoms with Crippen molar-refractivity contribution in [2.75, 3.05) is 0 Å². The van der Waals surface area contributed by atoms with Crippen LogP contribution in [-0.2, 0) is 23.9 Å². The van der Waals surface area contributed by atoms with Gasteiger partial charge < -0.3 is 14.6 Å². The Bertz CT molecular complexity index is 1050. The number of allylic oxidation sites excluding steroid dienone is 7. The molecule has 6 heteroatoms. The Morgan fingerprint density at radius 2 is 2.00 bits per heavy atom. The third-order valence-corrected chi connectivity index (χ3v) is 5.76. The van der Waals surface area contributed by atoms with Crippen molar-refractivity contribution in [1.29, 1.82) is 0 Å². The molecule has 2 unspecified atom stereocenters. The van der Waals surface area contributed by atoms with E-state index in [0.717, 1.165) is 12.5 Å². The number of Topliss-reactive ketones (excluding diaryl/α,β-unsaturated/α-hetero) is 1. The van der Waals surface area contributed by atoms with Crippen molar-refractivity contribution >= 4 is 17.5 Å². The largest absolute Gasteiger partial charge is 0.507 e. The molecule has 0 fully saturated rings. The van der Waals surface area contributed by atoms with E-state index in [2.05, 4.69) is 19.9 Å². The molecule has 0 aromatic heterocycles. The minimum atomic E-state index is -1.56. The van der Waals surface area contributed by atoms with Gasteiger partial charge in [0.05, 0.1) is 17.9 Å². The molecule has 0 bridgehead atoms. The van der Waals surface area contributed by atoms with Gasteiger partial charge in [0.25, 0.3) is 0 Å². The van der Waals surface area contributed by atoms with E-state index in [1.54, 1.807) is 18.2 Å². The van der Waals surface area contributed by atoms with Gasteiger partial charge in [0.15, 0.2) is 11.4 Å². The molecule has 3 rings (SSSR count). The second-order valence-electron chi connectivity index (χ2n) is 8.34. The lowest BCUT2D eigenvalue weighted by molar-refractivity contribution is -0.152. The number of hydrogen-bond acceptors (Lipinski definition) is 6. The summed E-state index contributed by atoms with van der Waals surface area (Å²) in [6, 6.07) is 0. The van der Waals surface area contributed by atoms with Crippen LogP contribution in [0.1, 0.15) is 40.5 Å². The van der Waals surface area contributed by atoms with Gasteiger partial charge in [-0.1, -0.05) is 50.6 Å². The molecule has 32 heavy (non-hydrogen) atoms. The molecule has 0 amide bonds. The Kier molecular flexibility index (Phi) is 6.82. The van der Waals surface area contributed by atoms with Gasteiger partial charge in [0.2, 0.25) is 5.78 Å². The first-order valence-corrected chi connectivity index (χ1v) is 10.7. The molecule has 0 radical (unpaired) electrons. The molecule has 3 atom stereocenters. The van der Waals surface area contributed by atoms with E-state index in [4.69, 9.17) is 9.47 Å². The average molecular weight is 437 g/mol. The lowest BCUT2D eigenvalue weighted by Gasteiger charge is -2.33. The number of ether oxygens (including phenoxy) is 2. The highest BCUT2D eigenvalue weighted by Gasteiger charge is 2.54. The number of carbonyl (C=O) groups excluding carboxylic acids is 3. The number of carbonyl (C=O) groups is 3. The molecule has 3 aliphatic rings. The Labute approximate surface area is 188 Å². The van der Waals surface area contributed by atoms with Gasteiger partial charge in [-0.2, -0.15) is 0 Å². The van der Waals surface area contributed by atoms with E-state index in [0.29, 0.717) is 23.5 Å². The molecule has 2 heterocycles. The molecule has 0 aromatic carbocycles. The van der Waals surface area contributed by atoms with E-state index in [9.17, 15) is 19.5 Å². The molecule has 0 saturated carbocycles. The summed E-state index contributed by atoms with van der Waals surface area (Å²) in [5.74, 6) is -1.80. The number of aliphatic hydroxyl groups is 1. The summed E-state index contributed by atoms with van der Waals surface area (Å²) in [6.07, 6.45) is 15.8. The summed E-state index contributed by atoms with van der Waals surface area (Å²) in [7, 11) is 0. The van der Waals surface area contributed by atoms with Crippen LogP contribution >= 0.6 is 0 Å². The maximum atomic E-state index is 13.0. The first kappa shape index (κ1) is 23.3. The van der Waals surface area contributed by atoms with E-state index in [1.807, 2.05) is 19.1 Å². The van der Waals surface area contributed by atoms with Crippen LogP contribution in [0.2, 0.25) is 0 Å². The Hall–Kier alpha value is -3.41. The van der Waals surface area contributed by atoms with Gasteiger partial charge in [-0.3, -0.25) is 9.59 Å². The fourth-order valence-corrected chi connectivity index (χ4v) is 3.68. The van der Waals surface area contributed by atoms with Crippen LogP contribution in [0, 0.1) is 5.92 Å². The number of aliphatic hydroxyl groups excluding tert-OH is 1. The number of hydrogen-bond donors (Lipinski definition) is 1. The lowest BCUT2D eigenvalue weighted by Crippen LogP contribution is -2.42. The topological polar surface area (TPSA) is 89.9 Å². The van der Waals surface area contributed by atoms with Crippen LogP contribution in [0.25, 0.3) is 0 Å². The minimum Gasteiger partial charge on any atom is -0.507 e. The SMILES string of the molecule is CCC(C)/C=C/C=C/C=C/C(=O)/C=C(\O)C1=C2C=C3CC(C)OC=C3C(=O)[C@]2(C)OC1=O. The highest BCUT2D eigenvalue weighted by Crippen LogP contribution is 2.45. The van der Waals surface area contributed by atoms with Crippen molar-refractivity contribution in [1.82, 2.24) is 0 Å². The average Bonchev–Trinajstić information content (AvgIpc) is 3.00. The fraction of sp³-hybridized carbons (Fsp3) is 0.346. The third kappa shape index (κ3) is 4.59. The summed E-state index contributed by atoms with van der Waals surface area (Å²) in [5, 5.41) is 10.5. The number of ketones is 2. The van der Waals surface area contributed by atoms with E-state index in [-0.39, 0.29) is 17.3 Å². The van der Waals surface area contributed by atoms with Crippen LogP contribution in [0.5, 0.6) is 0 Å². The van der Waals surface area contributed by atoms with Gasteiger partial charge in [-0.15, -0.1) is 0 Å². The number of rotatable bonds is 7. The third-order valence-electron chi connectivity index (χ3n) is 5.76. The van der Waals surface area contributed by atoms with Crippen LogP contribution < -0.4 is 0 Å². The second kappa shape index (κ2) is 9.39. The van der Waals surface area contributed by atoms with Gasteiger partial charge in [-0.25, -0.2) is 4.79 Å². The maximum absolute atomic E-state index is 13.0. The van der Waals surface area contributed by atoms with Gasteiger partial charge >= 0.3 is 5.97 Å². The van der Waals surface area contributed by atoms with Crippen molar-refractivity contribution < 1.29 is 29.0 Å². The van der Waals surface area contributed by atoms with Gasteiger partial charge in [0, 0.05) is 18.1 Å². The van der Waals surface area contributed by atoms with Crippen LogP contribution in [0.15, 0.2) is 82.9 Å². The first-order valence-electron chi connectivity index (χ1n) is 10.7. The normalized spacial score (nSPS) is 26.8. The molecular formula is C26H28O6. The van der Waals surface area contributed by atoms with Crippen LogP contribution in [0.3, 0.4) is 0 Å². The predicted molar refractivity (Wildman–Crippen MR) is 120 cm³/mol. The van der Waals surface area contributed by atoms with E-state index < -0.39 is 28.9 Å². The quantitative estimate of drug-likeness (QED) is 0.273. The summed E-state index contributed by atoms with van der Waals surface area (Å²) in [5.41, 5.74) is -0.391. The molecule has 2 aliphatic heterocycles. The van der Waals surface area contributed by atoms with Crippen molar-refractivity contribution in [3.05, 3.63) is 82.9 Å². The minimum absolute atomic E-state index is 0.117. The molecule has 6 nitrogen and oxygen atoms in total. The smallest absolute Gasteiger partial charge is 0.343 e. The van der Waals surface area contributed by atoms with Crippen molar-refractivity contribution in [3.8, 4) is 0 Å². The fourth-order valence-electron chi connectivity index (χ4n) is 3.68. The molecule has 1 N–H and O–H groups in total. The summed E-state index contributed by atoms with van der Waals surface area (Å²) >= 11 is 0. The molecule has 1 aliphatic carbocycles. The van der Waals surface area contributed by atoms with Gasteiger partial charge in [0.1, 0.15) is 11.3 Å². The Morgan fingerprint density at radius 3 is 2.72 bits per heavy atom. The summed E-state index contributed by atoms with van der Waals surface area (Å²) in [6.45, 7) is 7.57. The Morgan fingerprint density at radius 1 is 1.28 bits per heavy atom. The summed E-state index contributed by atoms with van der Waals surface area (Å²) < 4.78 is 10.8. The van der Waals surface area contributed by atoms with Crippen LogP contribution in [-0.4, -0.2) is 34.3 Å². The predicted octanol–water partition coefficient (Wildman–Crippen LogP) is 4.53. The zero-order valence-electron chi connectivity index (χ0n) is 18.8. The number of esters is 1. The Balaban J connectivity index is 1.85. The van der Waals surface area contributed by atoms with Crippen molar-refractivity contribution in [3.63, 3.8) is 0 Å². The first-order chi connectivity index (χ1) is 15.2. The second-order valence-corrected chi connectivity index (χ2v) is 8.34. The molecule has 0 saturated heterocycles. The highest BCUT2D eigenvalue weighted by molar-refractivity contribution is 6.15. The van der Waals surface area contributed by atoms with Gasteiger partial charge in [-0.05, 0) is 37.5 Å². The number of fused-ring (bicyclic) bond motifs is 2. The standard InChI is InChI=1S/C26H28O6/c1-5-16(2)10-8-6-7-9-11-19(27)14-22(28)23-21-13-18-12-17(3)31-15-20(18)24(29)26(21,4)32-25(23)30/h6-11,13-17,28H,5,12H2,1-4H3/b7-6+,10-8+,11-9+,22-14-/t16?,17?,26-/m1/s1. The lowest BCUT2D eigenvalue weighted by atomic mass is 9.76.